The summed E-state index contributed by atoms with van der Waals surface area (Å²) in [6, 6.07) is 80.8. The second kappa shape index (κ2) is 14.3. The Hall–Kier alpha value is -6.96. The van der Waals surface area contributed by atoms with E-state index in [1.54, 1.807) is 0 Å². The van der Waals surface area contributed by atoms with Gasteiger partial charge in [-0.1, -0.05) is 182 Å². The Morgan fingerprint density at radius 3 is 1.28 bits per heavy atom. The van der Waals surface area contributed by atoms with Gasteiger partial charge >= 0.3 is 0 Å². The summed E-state index contributed by atoms with van der Waals surface area (Å²) in [6.07, 6.45) is 0. The summed E-state index contributed by atoms with van der Waals surface area (Å²) in [5.74, 6) is 0. The molecule has 0 bridgehead atoms. The number of benzene rings is 9. The van der Waals surface area contributed by atoms with E-state index in [1.165, 1.54) is 66.4 Å². The molecule has 9 aromatic rings. The van der Waals surface area contributed by atoms with Crippen molar-refractivity contribution in [3.8, 4) is 55.6 Å². The largest absolute Gasteiger partial charge is 0.310 e. The summed E-state index contributed by atoms with van der Waals surface area (Å²) in [7, 11) is 0. The third kappa shape index (κ3) is 6.53. The van der Waals surface area contributed by atoms with Crippen LogP contribution in [-0.2, 0) is 0 Å². The zero-order chi connectivity index (χ0) is 35.4. The van der Waals surface area contributed by atoms with Gasteiger partial charge in [-0.25, -0.2) is 0 Å². The summed E-state index contributed by atoms with van der Waals surface area (Å²) < 4.78 is 0. The Morgan fingerprint density at radius 2 is 0.642 bits per heavy atom. The normalized spacial score (nSPS) is 11.0. The lowest BCUT2D eigenvalue weighted by molar-refractivity contribution is 1.28. The highest BCUT2D eigenvalue weighted by Crippen LogP contribution is 2.42. The van der Waals surface area contributed by atoms with Crippen LogP contribution in [-0.4, -0.2) is 0 Å². The summed E-state index contributed by atoms with van der Waals surface area (Å²) in [4.78, 5) is 2.38. The fourth-order valence-electron chi connectivity index (χ4n) is 7.42. The molecule has 0 heterocycles. The topological polar surface area (TPSA) is 3.24 Å². The van der Waals surface area contributed by atoms with Gasteiger partial charge in [0.15, 0.2) is 0 Å². The number of hydrogen-bond donors (Lipinski definition) is 0. The Morgan fingerprint density at radius 1 is 0.245 bits per heavy atom. The van der Waals surface area contributed by atoms with E-state index < -0.39 is 0 Å². The van der Waals surface area contributed by atoms with E-state index in [-0.39, 0.29) is 0 Å². The summed E-state index contributed by atoms with van der Waals surface area (Å²) in [5, 5.41) is 2.52. The van der Waals surface area contributed by atoms with E-state index in [1.807, 2.05) is 0 Å². The fourth-order valence-corrected chi connectivity index (χ4v) is 7.42. The van der Waals surface area contributed by atoms with Crippen LogP contribution in [0.1, 0.15) is 0 Å². The number of anilines is 3. The first-order chi connectivity index (χ1) is 26.3. The molecule has 250 valence electrons. The van der Waals surface area contributed by atoms with Crippen LogP contribution < -0.4 is 4.90 Å². The standard InChI is InChI=1S/C52H37N/c1-3-14-38(15-4-1)40-28-32-47(33-29-40)53(52-27-10-9-25-51(52)46-23-12-20-43(37-46)39-16-5-2-6-17-39)48-34-30-41(31-35-48)44-21-11-22-45(36-44)50-26-13-19-42-18-7-8-24-49(42)50/h1-37H. The molecule has 1 heteroatoms. The van der Waals surface area contributed by atoms with Crippen LogP contribution in [0, 0.1) is 0 Å². The van der Waals surface area contributed by atoms with E-state index in [9.17, 15) is 0 Å². The van der Waals surface area contributed by atoms with Gasteiger partial charge in [0.1, 0.15) is 0 Å². The van der Waals surface area contributed by atoms with E-state index >= 15 is 0 Å². The number of nitrogens with zero attached hydrogens (tertiary/aromatic N) is 1. The molecule has 0 amide bonds. The second-order valence-corrected chi connectivity index (χ2v) is 13.4. The smallest absolute Gasteiger partial charge is 0.0540 e. The maximum Gasteiger partial charge on any atom is 0.0540 e. The van der Waals surface area contributed by atoms with Gasteiger partial charge in [-0.3, -0.25) is 0 Å². The van der Waals surface area contributed by atoms with E-state index in [0.717, 1.165) is 17.1 Å². The monoisotopic (exact) mass is 675 g/mol. The van der Waals surface area contributed by atoms with Crippen molar-refractivity contribution in [1.82, 2.24) is 0 Å². The Bertz CT molecular complexity index is 2640. The molecule has 0 saturated carbocycles. The quantitative estimate of drug-likeness (QED) is 0.155. The Balaban J connectivity index is 1.13. The van der Waals surface area contributed by atoms with Crippen LogP contribution in [0.4, 0.5) is 17.1 Å². The van der Waals surface area contributed by atoms with E-state index in [0.29, 0.717) is 0 Å². The third-order valence-corrected chi connectivity index (χ3v) is 10.1. The van der Waals surface area contributed by atoms with Crippen LogP contribution >= 0.6 is 0 Å². The van der Waals surface area contributed by atoms with Crippen molar-refractivity contribution in [2.45, 2.75) is 0 Å². The molecule has 0 atom stereocenters. The first kappa shape index (κ1) is 32.0. The summed E-state index contributed by atoms with van der Waals surface area (Å²) in [6.45, 7) is 0. The van der Waals surface area contributed by atoms with E-state index in [2.05, 4.69) is 229 Å². The molecule has 53 heavy (non-hydrogen) atoms. The third-order valence-electron chi connectivity index (χ3n) is 10.1. The summed E-state index contributed by atoms with van der Waals surface area (Å²) >= 11 is 0. The number of para-hydroxylation sites is 1. The predicted molar refractivity (Wildman–Crippen MR) is 226 cm³/mol. The zero-order valence-electron chi connectivity index (χ0n) is 29.3. The molecular weight excluding hydrogens is 639 g/mol. The molecule has 0 fully saturated rings. The lowest BCUT2D eigenvalue weighted by Gasteiger charge is -2.28. The van der Waals surface area contributed by atoms with Crippen molar-refractivity contribution in [3.63, 3.8) is 0 Å². The highest BCUT2D eigenvalue weighted by atomic mass is 15.1. The average molecular weight is 676 g/mol. The van der Waals surface area contributed by atoms with Crippen molar-refractivity contribution in [2.24, 2.45) is 0 Å². The van der Waals surface area contributed by atoms with Crippen LogP contribution in [0.25, 0.3) is 66.4 Å². The number of rotatable bonds is 8. The maximum absolute atomic E-state index is 2.38. The molecule has 9 rings (SSSR count). The van der Waals surface area contributed by atoms with Gasteiger partial charge in [0.2, 0.25) is 0 Å². The number of fused-ring (bicyclic) bond motifs is 1. The van der Waals surface area contributed by atoms with Gasteiger partial charge in [0.25, 0.3) is 0 Å². The molecule has 0 aliphatic rings. The Kier molecular flexibility index (Phi) is 8.66. The molecule has 0 radical (unpaired) electrons. The van der Waals surface area contributed by atoms with Gasteiger partial charge in [0, 0.05) is 16.9 Å². The molecule has 9 aromatic carbocycles. The predicted octanol–water partition coefficient (Wildman–Crippen LogP) is 14.6. The molecule has 1 nitrogen and oxygen atoms in total. The lowest BCUT2D eigenvalue weighted by atomic mass is 9.95. The Labute approximate surface area is 311 Å². The fraction of sp³-hybridized carbons (Fsp3) is 0. The van der Waals surface area contributed by atoms with Gasteiger partial charge in [-0.05, 0) is 103 Å². The molecule has 0 aliphatic heterocycles. The highest BCUT2D eigenvalue weighted by molar-refractivity contribution is 5.97. The van der Waals surface area contributed by atoms with Gasteiger partial charge in [-0.15, -0.1) is 0 Å². The zero-order valence-corrected chi connectivity index (χ0v) is 29.3. The summed E-state index contributed by atoms with van der Waals surface area (Å²) in [5.41, 5.74) is 15.3. The molecule has 0 N–H and O–H groups in total. The van der Waals surface area contributed by atoms with Crippen LogP contribution in [0.3, 0.4) is 0 Å². The maximum atomic E-state index is 2.38. The van der Waals surface area contributed by atoms with Crippen molar-refractivity contribution < 1.29 is 0 Å². The SMILES string of the molecule is c1ccc(-c2ccc(N(c3ccc(-c4cccc(-c5cccc6ccccc56)c4)cc3)c3ccccc3-c3cccc(-c4ccccc4)c3)cc2)cc1. The van der Waals surface area contributed by atoms with Gasteiger partial charge < -0.3 is 4.90 Å². The second-order valence-electron chi connectivity index (χ2n) is 13.4. The van der Waals surface area contributed by atoms with Crippen LogP contribution in [0.2, 0.25) is 0 Å². The minimum absolute atomic E-state index is 1.10. The van der Waals surface area contributed by atoms with Gasteiger partial charge in [0.05, 0.1) is 5.69 Å². The first-order valence-corrected chi connectivity index (χ1v) is 18.2. The number of hydrogen-bond acceptors (Lipinski definition) is 1. The molecule has 0 aliphatic carbocycles. The first-order valence-electron chi connectivity index (χ1n) is 18.2. The lowest BCUT2D eigenvalue weighted by Crippen LogP contribution is -2.11. The molecular formula is C52H37N. The van der Waals surface area contributed by atoms with Crippen molar-refractivity contribution in [2.75, 3.05) is 4.90 Å². The van der Waals surface area contributed by atoms with Gasteiger partial charge in [-0.2, -0.15) is 0 Å². The minimum Gasteiger partial charge on any atom is -0.310 e. The average Bonchev–Trinajstić information content (AvgIpc) is 3.25. The van der Waals surface area contributed by atoms with E-state index in [4.69, 9.17) is 0 Å². The molecule has 0 unspecified atom stereocenters. The van der Waals surface area contributed by atoms with Crippen molar-refractivity contribution >= 4 is 27.8 Å². The van der Waals surface area contributed by atoms with Crippen LogP contribution in [0.5, 0.6) is 0 Å². The molecule has 0 aromatic heterocycles. The highest BCUT2D eigenvalue weighted by Gasteiger charge is 2.18. The van der Waals surface area contributed by atoms with Crippen molar-refractivity contribution in [3.05, 3.63) is 224 Å². The molecule has 0 spiro atoms. The molecule has 0 saturated heterocycles. The van der Waals surface area contributed by atoms with Crippen molar-refractivity contribution in [1.29, 1.82) is 0 Å². The minimum atomic E-state index is 1.10. The van der Waals surface area contributed by atoms with Crippen LogP contribution in [0.15, 0.2) is 224 Å².